The predicted octanol–water partition coefficient (Wildman–Crippen LogP) is 0.0287. The highest BCUT2D eigenvalue weighted by Crippen LogP contribution is 1.90. The molecule has 0 aliphatic carbocycles. The van der Waals surface area contributed by atoms with Gasteiger partial charge in [0.05, 0.1) is 7.11 Å². The molecular weight excluding hydrogens is 154 g/mol. The maximum Gasteiger partial charge on any atom is 0.284 e. The van der Waals surface area contributed by atoms with Crippen molar-refractivity contribution >= 4 is 5.91 Å². The van der Waals surface area contributed by atoms with Crippen LogP contribution in [0.25, 0.3) is 0 Å². The summed E-state index contributed by atoms with van der Waals surface area (Å²) in [6.45, 7) is 1.67. The van der Waals surface area contributed by atoms with Gasteiger partial charge in [-0.25, -0.2) is 0 Å². The summed E-state index contributed by atoms with van der Waals surface area (Å²) in [6.07, 6.45) is 1.28. The number of amides is 1. The average molecular weight is 163 g/mol. The Bertz CT molecular complexity index is 307. The van der Waals surface area contributed by atoms with Crippen molar-refractivity contribution in [1.82, 2.24) is 0 Å². The number of hydrogen-bond donors (Lipinski definition) is 1. The van der Waals surface area contributed by atoms with E-state index in [1.54, 1.807) is 6.92 Å². The van der Waals surface area contributed by atoms with E-state index in [-0.39, 0.29) is 5.76 Å². The highest BCUT2D eigenvalue weighted by molar-refractivity contribution is 5.90. The molecule has 0 atom stereocenters. The van der Waals surface area contributed by atoms with Crippen molar-refractivity contribution in [2.45, 2.75) is 6.92 Å². The van der Waals surface area contributed by atoms with E-state index in [4.69, 9.17) is 5.73 Å². The minimum atomic E-state index is -0.642. The van der Waals surface area contributed by atoms with Crippen molar-refractivity contribution in [1.29, 1.82) is 0 Å². The minimum absolute atomic E-state index is 0.0282. The van der Waals surface area contributed by atoms with E-state index in [1.165, 1.54) is 13.2 Å². The molecule has 0 aliphatic rings. The average Bonchev–Trinajstić information content (AvgIpc) is 2.04. The molecule has 1 amide bonds. The second kappa shape index (κ2) is 5.88. The first kappa shape index (κ1) is 10.1. The molecule has 0 aromatic rings. The Morgan fingerprint density at radius 2 is 2.17 bits per heavy atom. The number of ether oxygens (including phenoxy) is 1. The largest absolute Gasteiger partial charge is 0.491 e. The van der Waals surface area contributed by atoms with Crippen LogP contribution in [0.3, 0.4) is 0 Å². The van der Waals surface area contributed by atoms with Crippen molar-refractivity contribution in [2.75, 3.05) is 7.11 Å². The highest BCUT2D eigenvalue weighted by atomic mass is 16.5. The topological polar surface area (TPSA) is 52.3 Å². The van der Waals surface area contributed by atoms with Crippen molar-refractivity contribution < 1.29 is 9.53 Å². The molecule has 3 nitrogen and oxygen atoms in total. The number of primary amides is 1. The van der Waals surface area contributed by atoms with Gasteiger partial charge in [0.15, 0.2) is 5.76 Å². The number of methoxy groups -OCH3 is 1. The van der Waals surface area contributed by atoms with Crippen molar-refractivity contribution in [3.05, 3.63) is 11.8 Å². The van der Waals surface area contributed by atoms with Crippen LogP contribution in [0, 0.1) is 23.7 Å². The molecule has 0 unspecified atom stereocenters. The third-order valence-electron chi connectivity index (χ3n) is 0.926. The summed E-state index contributed by atoms with van der Waals surface area (Å²) in [6, 6.07) is 0. The number of rotatable bonds is 2. The van der Waals surface area contributed by atoms with Gasteiger partial charge in [0.1, 0.15) is 0 Å². The summed E-state index contributed by atoms with van der Waals surface area (Å²) in [7, 11) is 1.35. The third kappa shape index (κ3) is 4.03. The molecule has 0 saturated carbocycles. The quantitative estimate of drug-likeness (QED) is 0.354. The third-order valence-corrected chi connectivity index (χ3v) is 0.926. The van der Waals surface area contributed by atoms with Crippen LogP contribution in [0.5, 0.6) is 0 Å². The molecule has 0 rings (SSSR count). The molecule has 0 radical (unpaired) electrons. The van der Waals surface area contributed by atoms with Gasteiger partial charge in [-0.1, -0.05) is 11.8 Å². The van der Waals surface area contributed by atoms with Gasteiger partial charge in [0, 0.05) is 6.08 Å². The van der Waals surface area contributed by atoms with Gasteiger partial charge < -0.3 is 10.5 Å². The van der Waals surface area contributed by atoms with Crippen LogP contribution in [0.1, 0.15) is 6.92 Å². The Kier molecular flexibility index (Phi) is 4.96. The van der Waals surface area contributed by atoms with Gasteiger partial charge in [-0.2, -0.15) is 0 Å². The van der Waals surface area contributed by atoms with E-state index in [1.807, 2.05) is 0 Å². The number of carbonyl (C=O) groups is 1. The Hall–Kier alpha value is -1.87. The molecule has 0 spiro atoms. The fourth-order valence-corrected chi connectivity index (χ4v) is 0.431. The normalized spacial score (nSPS) is 8.67. The van der Waals surface area contributed by atoms with Crippen molar-refractivity contribution in [3.63, 3.8) is 0 Å². The molecule has 0 saturated heterocycles. The van der Waals surface area contributed by atoms with E-state index < -0.39 is 5.91 Å². The Morgan fingerprint density at radius 1 is 1.50 bits per heavy atom. The molecule has 2 N–H and O–H groups in total. The van der Waals surface area contributed by atoms with E-state index >= 15 is 0 Å². The number of nitrogens with two attached hydrogens (primary N) is 1. The molecule has 0 bridgehead atoms. The van der Waals surface area contributed by atoms with Crippen LogP contribution in [0.2, 0.25) is 0 Å². The van der Waals surface area contributed by atoms with E-state index in [2.05, 4.69) is 28.4 Å². The van der Waals surface area contributed by atoms with Crippen LogP contribution in [-0.2, 0) is 9.53 Å². The van der Waals surface area contributed by atoms with E-state index in [9.17, 15) is 4.79 Å². The zero-order valence-electron chi connectivity index (χ0n) is 6.97. The second-order valence-corrected chi connectivity index (χ2v) is 1.72. The first-order valence-corrected chi connectivity index (χ1v) is 3.18. The Morgan fingerprint density at radius 3 is 2.58 bits per heavy atom. The standard InChI is InChI=1S/C9H9NO2/c1-3-4-5-6-7-8(12-2)9(10)11/h7H,1-2H3,(H2,10,11). The molecule has 0 heterocycles. The summed E-state index contributed by atoms with van der Waals surface area (Å²) in [5, 5.41) is 0. The SMILES string of the molecule is CC#CC#CC=C(OC)C(N)=O. The fourth-order valence-electron chi connectivity index (χ4n) is 0.431. The van der Waals surface area contributed by atoms with Crippen LogP contribution < -0.4 is 5.73 Å². The van der Waals surface area contributed by atoms with Crippen molar-refractivity contribution in [3.8, 4) is 23.7 Å². The lowest BCUT2D eigenvalue weighted by molar-refractivity contribution is -0.117. The van der Waals surface area contributed by atoms with Crippen LogP contribution in [0.15, 0.2) is 11.8 Å². The van der Waals surface area contributed by atoms with Gasteiger partial charge in [0.25, 0.3) is 5.91 Å². The minimum Gasteiger partial charge on any atom is -0.491 e. The van der Waals surface area contributed by atoms with Crippen LogP contribution >= 0.6 is 0 Å². The molecule has 0 aromatic carbocycles. The summed E-state index contributed by atoms with van der Waals surface area (Å²) in [5.74, 6) is 9.45. The first-order valence-electron chi connectivity index (χ1n) is 3.18. The molecule has 62 valence electrons. The van der Waals surface area contributed by atoms with Gasteiger partial charge in [-0.15, -0.1) is 0 Å². The molecular formula is C9H9NO2. The molecule has 0 aliphatic heterocycles. The number of allylic oxidation sites excluding steroid dienone is 1. The summed E-state index contributed by atoms with van der Waals surface area (Å²) >= 11 is 0. The lowest BCUT2D eigenvalue weighted by atomic mass is 10.4. The number of hydrogen-bond acceptors (Lipinski definition) is 2. The molecule has 0 fully saturated rings. The zero-order valence-corrected chi connectivity index (χ0v) is 6.97. The molecule has 0 aromatic heterocycles. The number of carbonyl (C=O) groups excluding carboxylic acids is 1. The van der Waals surface area contributed by atoms with E-state index in [0.29, 0.717) is 0 Å². The van der Waals surface area contributed by atoms with Crippen LogP contribution in [-0.4, -0.2) is 13.0 Å². The maximum atomic E-state index is 10.5. The van der Waals surface area contributed by atoms with Gasteiger partial charge in [-0.3, -0.25) is 4.79 Å². The summed E-state index contributed by atoms with van der Waals surface area (Å²) < 4.78 is 4.63. The maximum absolute atomic E-state index is 10.5. The van der Waals surface area contributed by atoms with Crippen molar-refractivity contribution in [2.24, 2.45) is 5.73 Å². The van der Waals surface area contributed by atoms with Crippen LogP contribution in [0.4, 0.5) is 0 Å². The Labute approximate surface area is 71.6 Å². The lowest BCUT2D eigenvalue weighted by Gasteiger charge is -1.95. The van der Waals surface area contributed by atoms with Gasteiger partial charge in [0.2, 0.25) is 0 Å². The summed E-state index contributed by atoms with van der Waals surface area (Å²) in [4.78, 5) is 10.5. The smallest absolute Gasteiger partial charge is 0.284 e. The molecule has 3 heteroatoms. The van der Waals surface area contributed by atoms with Gasteiger partial charge >= 0.3 is 0 Å². The van der Waals surface area contributed by atoms with Gasteiger partial charge in [-0.05, 0) is 18.8 Å². The molecule has 12 heavy (non-hydrogen) atoms. The highest BCUT2D eigenvalue weighted by Gasteiger charge is 2.00. The lowest BCUT2D eigenvalue weighted by Crippen LogP contribution is -2.14. The first-order chi connectivity index (χ1) is 5.72. The van der Waals surface area contributed by atoms with E-state index in [0.717, 1.165) is 0 Å². The fraction of sp³-hybridized carbons (Fsp3) is 0.222. The zero-order chi connectivity index (χ0) is 9.40. The predicted molar refractivity (Wildman–Crippen MR) is 45.5 cm³/mol. The second-order valence-electron chi connectivity index (χ2n) is 1.72. The monoisotopic (exact) mass is 163 g/mol. The summed E-state index contributed by atoms with van der Waals surface area (Å²) in [5.41, 5.74) is 4.93. The Balaban J connectivity index is 4.41.